The van der Waals surface area contributed by atoms with E-state index in [1.807, 2.05) is 30.5 Å². The van der Waals surface area contributed by atoms with Crippen LogP contribution >= 0.6 is 22.9 Å². The molecule has 1 N–H and O–H groups in total. The van der Waals surface area contributed by atoms with Crippen LogP contribution in [0.1, 0.15) is 38.8 Å². The summed E-state index contributed by atoms with van der Waals surface area (Å²) >= 11 is 7.57. The van der Waals surface area contributed by atoms with E-state index < -0.39 is 29.1 Å². The quantitative estimate of drug-likeness (QED) is 0.379. The van der Waals surface area contributed by atoms with E-state index in [4.69, 9.17) is 25.8 Å². The second-order valence-corrected chi connectivity index (χ2v) is 9.09. The van der Waals surface area contributed by atoms with Crippen molar-refractivity contribution in [2.75, 3.05) is 18.5 Å². The van der Waals surface area contributed by atoms with Crippen LogP contribution in [0.15, 0.2) is 29.6 Å². The second-order valence-electron chi connectivity index (χ2n) is 7.83. The number of esters is 2. The van der Waals surface area contributed by atoms with Crippen LogP contribution in [0.2, 0.25) is 5.02 Å². The Morgan fingerprint density at radius 3 is 2.90 bits per heavy atom. The number of nitrogens with one attached hydrogen (secondary N) is 1. The predicted molar refractivity (Wildman–Crippen MR) is 113 cm³/mol. The molecule has 0 saturated carbocycles. The number of carbonyl (C=O) groups excluding carboxylic acids is 2. The highest BCUT2D eigenvalue weighted by molar-refractivity contribution is 7.13. The molecule has 160 valence electrons. The van der Waals surface area contributed by atoms with Gasteiger partial charge in [-0.3, -0.25) is 9.59 Å². The van der Waals surface area contributed by atoms with E-state index in [1.165, 1.54) is 11.3 Å². The molecular formula is C21H23ClN2O5S. The summed E-state index contributed by atoms with van der Waals surface area (Å²) in [7, 11) is 0. The van der Waals surface area contributed by atoms with Gasteiger partial charge in [0.15, 0.2) is 16.1 Å². The minimum atomic E-state index is -1.30. The molecular weight excluding hydrogens is 428 g/mol. The van der Waals surface area contributed by atoms with Gasteiger partial charge in [0, 0.05) is 24.8 Å². The molecule has 2 aliphatic heterocycles. The van der Waals surface area contributed by atoms with Crippen LogP contribution in [0.25, 0.3) is 0 Å². The molecule has 0 amide bonds. The number of hydrogen-bond acceptors (Lipinski definition) is 8. The fourth-order valence-electron chi connectivity index (χ4n) is 3.92. The molecule has 3 atom stereocenters. The Balaban J connectivity index is 1.50. The lowest BCUT2D eigenvalue weighted by Gasteiger charge is -2.20. The van der Waals surface area contributed by atoms with Crippen molar-refractivity contribution in [1.29, 1.82) is 0 Å². The molecule has 4 rings (SSSR count). The number of cyclic esters (lactones) is 2. The number of rotatable bonds is 7. The Bertz CT molecular complexity index is 966. The molecule has 0 bridgehead atoms. The summed E-state index contributed by atoms with van der Waals surface area (Å²) in [5, 5.41) is 6.21. The maximum absolute atomic E-state index is 12.8. The second kappa shape index (κ2) is 8.17. The number of carbonyl (C=O) groups is 2. The molecule has 2 aromatic rings. The van der Waals surface area contributed by atoms with Gasteiger partial charge in [0.25, 0.3) is 0 Å². The molecule has 3 heterocycles. The van der Waals surface area contributed by atoms with E-state index in [1.54, 1.807) is 13.0 Å². The number of aromatic nitrogens is 1. The van der Waals surface area contributed by atoms with E-state index >= 15 is 0 Å². The Labute approximate surface area is 183 Å². The normalized spacial score (nSPS) is 28.0. The van der Waals surface area contributed by atoms with Crippen molar-refractivity contribution in [3.05, 3.63) is 40.4 Å². The maximum atomic E-state index is 12.8. The Kier molecular flexibility index (Phi) is 5.74. The third kappa shape index (κ3) is 3.79. The summed E-state index contributed by atoms with van der Waals surface area (Å²) in [6, 6.07) is 7.36. The van der Waals surface area contributed by atoms with Crippen LogP contribution in [0, 0.1) is 5.41 Å². The van der Waals surface area contributed by atoms with Gasteiger partial charge in [0.05, 0.1) is 23.0 Å². The van der Waals surface area contributed by atoms with Crippen LogP contribution in [0.4, 0.5) is 10.8 Å². The number of benzene rings is 1. The standard InChI is InChI=1S/C21H23ClN2O5S/c1-3-8-27-10-13-9-21(17(25)28-13)12-20(2,29-18(21)26)16-11-30-19(24-16)23-15-7-5-4-6-14(15)22/h4-7,11,13H,3,8-10,12H2,1-2H3,(H,23,24)/t13-,20+,21+/m0/s1. The minimum absolute atomic E-state index is 0.192. The number of ether oxygens (including phenoxy) is 3. The number of anilines is 2. The molecule has 0 radical (unpaired) electrons. The van der Waals surface area contributed by atoms with Crippen molar-refractivity contribution in [1.82, 2.24) is 4.98 Å². The van der Waals surface area contributed by atoms with Crippen LogP contribution in [-0.4, -0.2) is 36.2 Å². The first-order chi connectivity index (χ1) is 14.4. The largest absolute Gasteiger partial charge is 0.459 e. The average molecular weight is 451 g/mol. The zero-order valence-electron chi connectivity index (χ0n) is 16.8. The predicted octanol–water partition coefficient (Wildman–Crippen LogP) is 4.43. The molecule has 30 heavy (non-hydrogen) atoms. The van der Waals surface area contributed by atoms with Gasteiger partial charge in [-0.25, -0.2) is 4.98 Å². The summed E-state index contributed by atoms with van der Waals surface area (Å²) in [5.74, 6) is -1.09. The van der Waals surface area contributed by atoms with Crippen molar-refractivity contribution in [3.8, 4) is 0 Å². The lowest BCUT2D eigenvalue weighted by Crippen LogP contribution is -2.32. The number of thiazole rings is 1. The van der Waals surface area contributed by atoms with Crippen molar-refractivity contribution in [2.45, 2.75) is 44.8 Å². The van der Waals surface area contributed by atoms with E-state index in [2.05, 4.69) is 10.3 Å². The van der Waals surface area contributed by atoms with E-state index in [0.717, 1.165) is 12.1 Å². The summed E-state index contributed by atoms with van der Waals surface area (Å²) in [6.07, 6.45) is 0.892. The molecule has 0 aliphatic carbocycles. The number of hydrogen-bond donors (Lipinski definition) is 1. The molecule has 9 heteroatoms. The Hall–Kier alpha value is -2.16. The van der Waals surface area contributed by atoms with Crippen LogP contribution in [0.5, 0.6) is 0 Å². The van der Waals surface area contributed by atoms with Crippen LogP contribution < -0.4 is 5.32 Å². The minimum Gasteiger partial charge on any atom is -0.459 e. The molecule has 0 unspecified atom stereocenters. The zero-order valence-corrected chi connectivity index (χ0v) is 18.3. The summed E-state index contributed by atoms with van der Waals surface area (Å²) in [6.45, 7) is 4.66. The number of nitrogens with zero attached hydrogens (tertiary/aromatic N) is 1. The smallest absolute Gasteiger partial charge is 0.324 e. The third-order valence-electron chi connectivity index (χ3n) is 5.40. The fraction of sp³-hybridized carbons (Fsp3) is 0.476. The van der Waals surface area contributed by atoms with Crippen molar-refractivity contribution >= 4 is 45.7 Å². The van der Waals surface area contributed by atoms with Crippen LogP contribution in [-0.2, 0) is 29.4 Å². The van der Waals surface area contributed by atoms with Gasteiger partial charge in [-0.15, -0.1) is 11.3 Å². The first-order valence-electron chi connectivity index (χ1n) is 9.86. The Morgan fingerprint density at radius 1 is 1.33 bits per heavy atom. The number of halogens is 1. The van der Waals surface area contributed by atoms with Gasteiger partial charge in [0.1, 0.15) is 6.10 Å². The molecule has 7 nitrogen and oxygen atoms in total. The van der Waals surface area contributed by atoms with E-state index in [9.17, 15) is 9.59 Å². The summed E-state index contributed by atoms with van der Waals surface area (Å²) in [4.78, 5) is 30.0. The summed E-state index contributed by atoms with van der Waals surface area (Å²) < 4.78 is 16.6. The Morgan fingerprint density at radius 2 is 2.13 bits per heavy atom. The van der Waals surface area contributed by atoms with Gasteiger partial charge in [-0.2, -0.15) is 0 Å². The topological polar surface area (TPSA) is 86.8 Å². The van der Waals surface area contributed by atoms with Crippen molar-refractivity contribution < 1.29 is 23.8 Å². The summed E-state index contributed by atoms with van der Waals surface area (Å²) in [5.41, 5.74) is -0.980. The zero-order chi connectivity index (χ0) is 21.4. The fourth-order valence-corrected chi connectivity index (χ4v) is 4.95. The molecule has 2 aliphatic rings. The highest BCUT2D eigenvalue weighted by Gasteiger charge is 2.65. The van der Waals surface area contributed by atoms with Gasteiger partial charge in [-0.05, 0) is 25.5 Å². The first kappa shape index (κ1) is 21.1. The molecule has 2 saturated heterocycles. The van der Waals surface area contributed by atoms with E-state index in [-0.39, 0.29) is 19.4 Å². The molecule has 2 fully saturated rings. The molecule has 1 aromatic heterocycles. The van der Waals surface area contributed by atoms with E-state index in [0.29, 0.717) is 22.5 Å². The monoisotopic (exact) mass is 450 g/mol. The average Bonchev–Trinajstić information content (AvgIpc) is 3.36. The number of para-hydroxylation sites is 1. The van der Waals surface area contributed by atoms with Gasteiger partial charge in [0.2, 0.25) is 0 Å². The molecule has 1 spiro atoms. The van der Waals surface area contributed by atoms with Gasteiger partial charge >= 0.3 is 11.9 Å². The first-order valence-corrected chi connectivity index (χ1v) is 11.1. The molecule has 1 aromatic carbocycles. The van der Waals surface area contributed by atoms with Crippen LogP contribution in [0.3, 0.4) is 0 Å². The lowest BCUT2D eigenvalue weighted by atomic mass is 9.78. The van der Waals surface area contributed by atoms with Crippen molar-refractivity contribution in [2.24, 2.45) is 5.41 Å². The maximum Gasteiger partial charge on any atom is 0.324 e. The van der Waals surface area contributed by atoms with Gasteiger partial charge < -0.3 is 19.5 Å². The third-order valence-corrected chi connectivity index (χ3v) is 6.49. The SMILES string of the molecule is CCCOC[C@@H]1C[C@@]2(C[C@](C)(c3csc(Nc4ccccc4Cl)n3)OC2=O)C(=O)O1. The lowest BCUT2D eigenvalue weighted by molar-refractivity contribution is -0.160. The van der Waals surface area contributed by atoms with Gasteiger partial charge in [-0.1, -0.05) is 30.7 Å². The highest BCUT2D eigenvalue weighted by atomic mass is 35.5. The highest BCUT2D eigenvalue weighted by Crippen LogP contribution is 2.52. The van der Waals surface area contributed by atoms with Crippen molar-refractivity contribution in [3.63, 3.8) is 0 Å².